The van der Waals surface area contributed by atoms with E-state index in [1.165, 1.54) is 31.3 Å². The lowest BCUT2D eigenvalue weighted by atomic mass is 9.91. The molecule has 1 aliphatic carbocycles. The van der Waals surface area contributed by atoms with Crippen LogP contribution in [0, 0.1) is 0 Å². The van der Waals surface area contributed by atoms with E-state index in [-0.39, 0.29) is 0 Å². The minimum Gasteiger partial charge on any atom is -0.306 e. The number of hydrogen-bond acceptors (Lipinski definition) is 1. The Hall–Kier alpha value is -0.300. The molecule has 0 radical (unpaired) electrons. The molecule has 1 rings (SSSR count). The molecule has 1 aliphatic rings. The highest BCUT2D eigenvalue weighted by Gasteiger charge is 2.16. The fraction of sp³-hybridized carbons (Fsp3) is 0.778. The van der Waals surface area contributed by atoms with Gasteiger partial charge in [0.2, 0.25) is 0 Å². The van der Waals surface area contributed by atoms with Crippen LogP contribution in [-0.2, 0) is 0 Å². The average Bonchev–Trinajstić information content (AvgIpc) is 1.88. The molecular weight excluding hydrogens is 122 g/mol. The standard InChI is InChI=1S/C9H17N/c1-8-4-6-9(7-5-8)10(2)3/h9H,1,4-7H2,2-3H3. The molecule has 1 fully saturated rings. The summed E-state index contributed by atoms with van der Waals surface area (Å²) in [6, 6.07) is 0.811. The van der Waals surface area contributed by atoms with Gasteiger partial charge in [-0.25, -0.2) is 0 Å². The molecule has 0 amide bonds. The first kappa shape index (κ1) is 7.80. The first-order valence-corrected chi connectivity index (χ1v) is 4.03. The molecule has 0 aliphatic heterocycles. The Balaban J connectivity index is 2.33. The summed E-state index contributed by atoms with van der Waals surface area (Å²) < 4.78 is 0. The Morgan fingerprint density at radius 3 is 2.20 bits per heavy atom. The van der Waals surface area contributed by atoms with Crippen LogP contribution in [0.3, 0.4) is 0 Å². The fourth-order valence-corrected chi connectivity index (χ4v) is 1.53. The number of hydrogen-bond donors (Lipinski definition) is 0. The van der Waals surface area contributed by atoms with Crippen LogP contribution in [0.1, 0.15) is 25.7 Å². The molecule has 0 aromatic carbocycles. The van der Waals surface area contributed by atoms with E-state index in [1.54, 1.807) is 0 Å². The second-order valence-corrected chi connectivity index (χ2v) is 3.44. The third kappa shape index (κ3) is 1.84. The van der Waals surface area contributed by atoms with Gasteiger partial charge in [-0.2, -0.15) is 0 Å². The molecule has 0 spiro atoms. The summed E-state index contributed by atoms with van der Waals surface area (Å²) in [5.74, 6) is 0. The molecule has 0 heterocycles. The van der Waals surface area contributed by atoms with E-state index in [0.717, 1.165) is 6.04 Å². The summed E-state index contributed by atoms with van der Waals surface area (Å²) in [6.45, 7) is 3.99. The third-order valence-electron chi connectivity index (χ3n) is 2.39. The monoisotopic (exact) mass is 139 g/mol. The molecule has 0 aromatic rings. The van der Waals surface area contributed by atoms with Crippen molar-refractivity contribution in [3.8, 4) is 0 Å². The second-order valence-electron chi connectivity index (χ2n) is 3.44. The van der Waals surface area contributed by atoms with E-state index in [4.69, 9.17) is 0 Å². The lowest BCUT2D eigenvalue weighted by Crippen LogP contribution is -2.30. The van der Waals surface area contributed by atoms with Gasteiger partial charge < -0.3 is 4.90 Å². The normalized spacial score (nSPS) is 22.1. The predicted octanol–water partition coefficient (Wildman–Crippen LogP) is 2.05. The van der Waals surface area contributed by atoms with Crippen LogP contribution in [-0.4, -0.2) is 25.0 Å². The van der Waals surface area contributed by atoms with Crippen LogP contribution in [0.15, 0.2) is 12.2 Å². The minimum atomic E-state index is 0.811. The van der Waals surface area contributed by atoms with Gasteiger partial charge in [0.15, 0.2) is 0 Å². The molecule has 0 unspecified atom stereocenters. The van der Waals surface area contributed by atoms with E-state index < -0.39 is 0 Å². The maximum atomic E-state index is 3.99. The van der Waals surface area contributed by atoms with E-state index >= 15 is 0 Å². The molecule has 1 heteroatoms. The molecule has 0 atom stereocenters. The van der Waals surface area contributed by atoms with Crippen molar-refractivity contribution in [1.29, 1.82) is 0 Å². The van der Waals surface area contributed by atoms with Gasteiger partial charge >= 0.3 is 0 Å². The lowest BCUT2D eigenvalue weighted by Gasteiger charge is -2.28. The van der Waals surface area contributed by atoms with Gasteiger partial charge in [-0.15, -0.1) is 0 Å². The summed E-state index contributed by atoms with van der Waals surface area (Å²) in [7, 11) is 4.33. The molecule has 0 N–H and O–H groups in total. The summed E-state index contributed by atoms with van der Waals surface area (Å²) >= 11 is 0. The Morgan fingerprint density at radius 2 is 1.80 bits per heavy atom. The smallest absolute Gasteiger partial charge is 0.00952 e. The second kappa shape index (κ2) is 3.20. The van der Waals surface area contributed by atoms with Crippen LogP contribution in [0.4, 0.5) is 0 Å². The molecule has 0 aromatic heterocycles. The first-order valence-electron chi connectivity index (χ1n) is 4.03. The molecule has 1 nitrogen and oxygen atoms in total. The van der Waals surface area contributed by atoms with E-state index in [1.807, 2.05) is 0 Å². The number of nitrogens with zero attached hydrogens (tertiary/aromatic N) is 1. The van der Waals surface area contributed by atoms with Crippen molar-refractivity contribution in [3.63, 3.8) is 0 Å². The SMILES string of the molecule is C=C1CCC(N(C)C)CC1. The first-order chi connectivity index (χ1) is 4.70. The predicted molar refractivity (Wildman–Crippen MR) is 45.1 cm³/mol. The van der Waals surface area contributed by atoms with Crippen molar-refractivity contribution < 1.29 is 0 Å². The van der Waals surface area contributed by atoms with Gasteiger partial charge in [0.1, 0.15) is 0 Å². The van der Waals surface area contributed by atoms with E-state index in [9.17, 15) is 0 Å². The van der Waals surface area contributed by atoms with Crippen LogP contribution < -0.4 is 0 Å². The van der Waals surface area contributed by atoms with Crippen LogP contribution in [0.5, 0.6) is 0 Å². The minimum absolute atomic E-state index is 0.811. The van der Waals surface area contributed by atoms with Crippen LogP contribution in [0.2, 0.25) is 0 Å². The highest BCUT2D eigenvalue weighted by molar-refractivity contribution is 4.99. The Labute approximate surface area is 63.7 Å². The quantitative estimate of drug-likeness (QED) is 0.502. The highest BCUT2D eigenvalue weighted by atomic mass is 15.1. The van der Waals surface area contributed by atoms with Crippen molar-refractivity contribution in [2.45, 2.75) is 31.7 Å². The summed E-state index contributed by atoms with van der Waals surface area (Å²) in [5.41, 5.74) is 1.44. The van der Waals surface area contributed by atoms with Crippen LogP contribution >= 0.6 is 0 Å². The molecule has 0 saturated heterocycles. The zero-order valence-corrected chi connectivity index (χ0v) is 7.06. The average molecular weight is 139 g/mol. The summed E-state index contributed by atoms with van der Waals surface area (Å²) in [4.78, 5) is 2.33. The number of allylic oxidation sites excluding steroid dienone is 1. The van der Waals surface area contributed by atoms with Gasteiger partial charge in [0.05, 0.1) is 0 Å². The van der Waals surface area contributed by atoms with E-state index in [2.05, 4.69) is 25.6 Å². The van der Waals surface area contributed by atoms with Crippen molar-refractivity contribution in [3.05, 3.63) is 12.2 Å². The van der Waals surface area contributed by atoms with Crippen LogP contribution in [0.25, 0.3) is 0 Å². The lowest BCUT2D eigenvalue weighted by molar-refractivity contribution is 0.249. The van der Waals surface area contributed by atoms with Gasteiger partial charge in [-0.1, -0.05) is 12.2 Å². The molecule has 1 saturated carbocycles. The van der Waals surface area contributed by atoms with Crippen molar-refractivity contribution in [1.82, 2.24) is 4.90 Å². The Bertz CT molecular complexity index is 117. The molecule has 10 heavy (non-hydrogen) atoms. The zero-order chi connectivity index (χ0) is 7.56. The largest absolute Gasteiger partial charge is 0.306 e. The summed E-state index contributed by atoms with van der Waals surface area (Å²) in [6.07, 6.45) is 5.10. The maximum Gasteiger partial charge on any atom is 0.00952 e. The fourth-order valence-electron chi connectivity index (χ4n) is 1.53. The summed E-state index contributed by atoms with van der Waals surface area (Å²) in [5, 5.41) is 0. The molecule has 0 bridgehead atoms. The van der Waals surface area contributed by atoms with Crippen molar-refractivity contribution in [2.75, 3.05) is 14.1 Å². The van der Waals surface area contributed by atoms with Gasteiger partial charge in [-0.05, 0) is 39.8 Å². The van der Waals surface area contributed by atoms with Gasteiger partial charge in [0.25, 0.3) is 0 Å². The van der Waals surface area contributed by atoms with Crippen molar-refractivity contribution >= 4 is 0 Å². The van der Waals surface area contributed by atoms with Crippen molar-refractivity contribution in [2.24, 2.45) is 0 Å². The number of rotatable bonds is 1. The zero-order valence-electron chi connectivity index (χ0n) is 7.06. The Kier molecular flexibility index (Phi) is 2.50. The Morgan fingerprint density at radius 1 is 1.30 bits per heavy atom. The molecular formula is C9H17N. The third-order valence-corrected chi connectivity index (χ3v) is 2.39. The van der Waals surface area contributed by atoms with Gasteiger partial charge in [0, 0.05) is 6.04 Å². The molecule has 58 valence electrons. The topological polar surface area (TPSA) is 3.24 Å². The van der Waals surface area contributed by atoms with E-state index in [0.29, 0.717) is 0 Å². The highest BCUT2D eigenvalue weighted by Crippen LogP contribution is 2.23. The van der Waals surface area contributed by atoms with Gasteiger partial charge in [-0.3, -0.25) is 0 Å². The maximum absolute atomic E-state index is 3.99.